The lowest BCUT2D eigenvalue weighted by molar-refractivity contribution is -0.141. The number of likely N-dealkylation sites (tertiary alicyclic amines) is 1. The Morgan fingerprint density at radius 2 is 1.86 bits per heavy atom. The van der Waals surface area contributed by atoms with Crippen molar-refractivity contribution in [1.82, 2.24) is 14.8 Å². The van der Waals surface area contributed by atoms with Gasteiger partial charge in [-0.05, 0) is 64.6 Å². The zero-order chi connectivity index (χ0) is 25.1. The third-order valence-electron chi connectivity index (χ3n) is 8.24. The molecule has 2 aliphatic rings. The van der Waals surface area contributed by atoms with Gasteiger partial charge in [-0.1, -0.05) is 30.9 Å². The highest BCUT2D eigenvalue weighted by Gasteiger charge is 2.39. The summed E-state index contributed by atoms with van der Waals surface area (Å²) in [6.07, 6.45) is 9.57. The molecule has 190 valence electrons. The Balaban J connectivity index is 1.58. The van der Waals surface area contributed by atoms with E-state index >= 15 is 0 Å². The van der Waals surface area contributed by atoms with Crippen LogP contribution in [0.3, 0.4) is 0 Å². The Morgan fingerprint density at radius 3 is 2.54 bits per heavy atom. The van der Waals surface area contributed by atoms with E-state index in [1.807, 2.05) is 43.1 Å². The van der Waals surface area contributed by atoms with Gasteiger partial charge in [-0.25, -0.2) is 0 Å². The Hall–Kier alpha value is -2.67. The van der Waals surface area contributed by atoms with E-state index in [9.17, 15) is 14.4 Å². The number of carbonyl (C=O) groups excluding carboxylic acids is 3. The SMILES string of the molecule is CN[C@@H](C)C(=O)C[C@H](C(=O)N1CCC[C@H]1Cn1cc(C(N)=O)c2cc(C)ccc21)C1CCCCC1. The number of nitrogens with two attached hydrogens (primary N) is 1. The van der Waals surface area contributed by atoms with Gasteiger partial charge < -0.3 is 20.5 Å². The number of rotatable bonds is 9. The van der Waals surface area contributed by atoms with Gasteiger partial charge in [0.2, 0.25) is 5.91 Å². The van der Waals surface area contributed by atoms with E-state index in [4.69, 9.17) is 5.73 Å². The van der Waals surface area contributed by atoms with Crippen molar-refractivity contribution in [1.29, 1.82) is 0 Å². The van der Waals surface area contributed by atoms with Crippen molar-refractivity contribution in [3.63, 3.8) is 0 Å². The number of fused-ring (bicyclic) bond motifs is 1. The van der Waals surface area contributed by atoms with E-state index in [-0.39, 0.29) is 35.6 Å². The topological polar surface area (TPSA) is 97.4 Å². The molecular formula is C28H40N4O3. The molecule has 7 nitrogen and oxygen atoms in total. The van der Waals surface area contributed by atoms with E-state index in [1.54, 1.807) is 7.05 Å². The normalized spacial score (nSPS) is 20.8. The number of aryl methyl sites for hydroxylation is 1. The second-order valence-corrected chi connectivity index (χ2v) is 10.6. The number of benzene rings is 1. The van der Waals surface area contributed by atoms with Gasteiger partial charge in [0.15, 0.2) is 0 Å². The molecule has 0 spiro atoms. The maximum atomic E-state index is 14.0. The van der Waals surface area contributed by atoms with Crippen LogP contribution in [0.1, 0.15) is 74.2 Å². The number of Topliss-reactive ketones (excluding diaryl/α,β-unsaturated/α-hetero) is 1. The molecule has 4 rings (SSSR count). The minimum absolute atomic E-state index is 0.0445. The Bertz CT molecular complexity index is 1090. The molecule has 2 amide bonds. The molecule has 0 bridgehead atoms. The number of aromatic nitrogens is 1. The van der Waals surface area contributed by atoms with Gasteiger partial charge in [0.05, 0.1) is 11.6 Å². The fraction of sp³-hybridized carbons (Fsp3) is 0.607. The number of primary amides is 1. The zero-order valence-corrected chi connectivity index (χ0v) is 21.4. The molecule has 1 aliphatic carbocycles. The first-order chi connectivity index (χ1) is 16.8. The van der Waals surface area contributed by atoms with Crippen molar-refractivity contribution >= 4 is 28.5 Å². The van der Waals surface area contributed by atoms with Crippen molar-refractivity contribution in [3.05, 3.63) is 35.5 Å². The smallest absolute Gasteiger partial charge is 0.250 e. The lowest BCUT2D eigenvalue weighted by Crippen LogP contribution is -2.45. The highest BCUT2D eigenvalue weighted by atomic mass is 16.2. The van der Waals surface area contributed by atoms with Crippen molar-refractivity contribution in [2.45, 2.75) is 83.8 Å². The third-order valence-corrected chi connectivity index (χ3v) is 8.24. The lowest BCUT2D eigenvalue weighted by Gasteiger charge is -2.35. The van der Waals surface area contributed by atoms with Crippen LogP contribution in [0.4, 0.5) is 0 Å². The van der Waals surface area contributed by atoms with Gasteiger partial charge in [0.1, 0.15) is 5.78 Å². The number of amides is 2. The minimum Gasteiger partial charge on any atom is -0.366 e. The quantitative estimate of drug-likeness (QED) is 0.570. The largest absolute Gasteiger partial charge is 0.366 e. The summed E-state index contributed by atoms with van der Waals surface area (Å²) >= 11 is 0. The number of ketones is 1. The molecule has 2 aromatic rings. The van der Waals surface area contributed by atoms with Crippen LogP contribution in [-0.2, 0) is 16.1 Å². The molecule has 0 unspecified atom stereocenters. The number of nitrogens with zero attached hydrogens (tertiary/aromatic N) is 2. The second-order valence-electron chi connectivity index (χ2n) is 10.6. The lowest BCUT2D eigenvalue weighted by atomic mass is 9.76. The van der Waals surface area contributed by atoms with Gasteiger partial charge in [-0.3, -0.25) is 14.4 Å². The first-order valence-electron chi connectivity index (χ1n) is 13.2. The van der Waals surface area contributed by atoms with Crippen LogP contribution in [0.25, 0.3) is 10.9 Å². The fourth-order valence-electron chi connectivity index (χ4n) is 6.06. The predicted molar refractivity (Wildman–Crippen MR) is 138 cm³/mol. The molecule has 2 fully saturated rings. The summed E-state index contributed by atoms with van der Waals surface area (Å²) in [4.78, 5) is 41.0. The van der Waals surface area contributed by atoms with Crippen molar-refractivity contribution in [2.75, 3.05) is 13.6 Å². The van der Waals surface area contributed by atoms with Crippen LogP contribution in [-0.4, -0.2) is 52.7 Å². The van der Waals surface area contributed by atoms with Crippen LogP contribution >= 0.6 is 0 Å². The van der Waals surface area contributed by atoms with Crippen molar-refractivity contribution < 1.29 is 14.4 Å². The molecule has 7 heteroatoms. The minimum atomic E-state index is -0.437. The average molecular weight is 481 g/mol. The number of hydrogen-bond acceptors (Lipinski definition) is 4. The molecule has 1 saturated carbocycles. The average Bonchev–Trinajstić information content (AvgIpc) is 3.46. The maximum Gasteiger partial charge on any atom is 0.250 e. The molecule has 3 atom stereocenters. The van der Waals surface area contributed by atoms with Crippen LogP contribution in [0.15, 0.2) is 24.4 Å². The summed E-state index contributed by atoms with van der Waals surface area (Å²) in [7, 11) is 1.79. The molecule has 0 radical (unpaired) electrons. The summed E-state index contributed by atoms with van der Waals surface area (Å²) in [6.45, 7) is 5.22. The summed E-state index contributed by atoms with van der Waals surface area (Å²) in [5.41, 5.74) is 8.24. The summed E-state index contributed by atoms with van der Waals surface area (Å²) in [6, 6.07) is 5.86. The highest BCUT2D eigenvalue weighted by molar-refractivity contribution is 6.06. The van der Waals surface area contributed by atoms with Gasteiger partial charge in [-0.2, -0.15) is 0 Å². The van der Waals surface area contributed by atoms with E-state index in [2.05, 4.69) is 9.88 Å². The van der Waals surface area contributed by atoms with Gasteiger partial charge in [0.25, 0.3) is 5.91 Å². The first-order valence-corrected chi connectivity index (χ1v) is 13.2. The summed E-state index contributed by atoms with van der Waals surface area (Å²) in [5, 5.41) is 3.90. The molecular weight excluding hydrogens is 440 g/mol. The van der Waals surface area contributed by atoms with E-state index in [0.717, 1.165) is 61.5 Å². The number of hydrogen-bond donors (Lipinski definition) is 2. The highest BCUT2D eigenvalue weighted by Crippen LogP contribution is 2.35. The van der Waals surface area contributed by atoms with Crippen molar-refractivity contribution in [2.24, 2.45) is 17.6 Å². The standard InChI is InChI=1S/C28H40N4O3/c1-18-11-12-25-23(14-18)24(27(29)34)17-31(25)16-21-10-7-13-32(21)28(35)22(15-26(33)19(2)30-3)20-8-5-4-6-9-20/h11-12,14,17,19-22,30H,4-10,13,15-16H2,1-3H3,(H2,29,34)/t19-,21-,22-/m0/s1. The fourth-order valence-corrected chi connectivity index (χ4v) is 6.06. The first kappa shape index (κ1) is 25.4. The summed E-state index contributed by atoms with van der Waals surface area (Å²) in [5.74, 6) is -0.149. The Morgan fingerprint density at radius 1 is 1.11 bits per heavy atom. The van der Waals surface area contributed by atoms with Gasteiger partial charge in [-0.15, -0.1) is 0 Å². The van der Waals surface area contributed by atoms with Gasteiger partial charge >= 0.3 is 0 Å². The molecule has 1 saturated heterocycles. The molecule has 1 aromatic heterocycles. The predicted octanol–water partition coefficient (Wildman–Crippen LogP) is 3.80. The molecule has 35 heavy (non-hydrogen) atoms. The van der Waals surface area contributed by atoms with Crippen LogP contribution in [0.5, 0.6) is 0 Å². The third kappa shape index (κ3) is 5.45. The van der Waals surface area contributed by atoms with E-state index in [1.165, 1.54) is 6.42 Å². The Kier molecular flexibility index (Phi) is 7.95. The van der Waals surface area contributed by atoms with E-state index < -0.39 is 5.91 Å². The number of likely N-dealkylation sites (N-methyl/N-ethyl adjacent to an activating group) is 1. The monoisotopic (exact) mass is 480 g/mol. The van der Waals surface area contributed by atoms with E-state index in [0.29, 0.717) is 18.5 Å². The number of carbonyl (C=O) groups is 3. The van der Waals surface area contributed by atoms with Crippen molar-refractivity contribution in [3.8, 4) is 0 Å². The molecule has 2 heterocycles. The van der Waals surface area contributed by atoms with Crippen LogP contribution in [0.2, 0.25) is 0 Å². The van der Waals surface area contributed by atoms with Crippen LogP contribution < -0.4 is 11.1 Å². The molecule has 3 N–H and O–H groups in total. The molecule has 1 aromatic carbocycles. The summed E-state index contributed by atoms with van der Waals surface area (Å²) < 4.78 is 2.08. The van der Waals surface area contributed by atoms with Gasteiger partial charge in [0, 0.05) is 48.6 Å². The second kappa shape index (κ2) is 10.9. The van der Waals surface area contributed by atoms with Crippen LogP contribution in [0, 0.1) is 18.8 Å². The zero-order valence-electron chi connectivity index (χ0n) is 21.4. The maximum absolute atomic E-state index is 14.0. The number of nitrogens with one attached hydrogen (secondary N) is 1. The molecule has 1 aliphatic heterocycles. The Labute approximate surface area is 208 Å².